The van der Waals surface area contributed by atoms with Crippen molar-refractivity contribution in [2.45, 2.75) is 0 Å². The average molecular weight is 446 g/mol. The summed E-state index contributed by atoms with van der Waals surface area (Å²) in [5.41, 5.74) is 2.47. The molecule has 1 aromatic heterocycles. The normalized spacial score (nSPS) is 10.7. The third-order valence-electron chi connectivity index (χ3n) is 3.09. The fourth-order valence-electron chi connectivity index (χ4n) is 2.02. The van der Waals surface area contributed by atoms with Crippen LogP contribution in [0.4, 0.5) is 0 Å². The molecule has 0 N–H and O–H groups in total. The number of hydrogen-bond donors (Lipinski definition) is 0. The van der Waals surface area contributed by atoms with Gasteiger partial charge in [-0.15, -0.1) is 5.10 Å². The predicted molar refractivity (Wildman–Crippen MR) is 96.1 cm³/mol. The number of benzene rings is 2. The van der Waals surface area contributed by atoms with Crippen molar-refractivity contribution >= 4 is 45.8 Å². The van der Waals surface area contributed by atoms with Crippen LogP contribution >= 0.6 is 45.8 Å². The van der Waals surface area contributed by atoms with E-state index in [1.54, 1.807) is 17.9 Å². The number of ether oxygens (including phenoxy) is 1. The van der Waals surface area contributed by atoms with Crippen molar-refractivity contribution in [2.75, 3.05) is 7.11 Å². The quantitative estimate of drug-likeness (QED) is 0.541. The molecule has 3 rings (SSSR count). The fraction of sp³-hybridized carbons (Fsp3) is 0.0667. The largest absolute Gasteiger partial charge is 0.497 e. The Morgan fingerprint density at radius 2 is 1.86 bits per heavy atom. The summed E-state index contributed by atoms with van der Waals surface area (Å²) in [4.78, 5) is 0. The molecule has 22 heavy (non-hydrogen) atoms. The zero-order chi connectivity index (χ0) is 15.7. The van der Waals surface area contributed by atoms with E-state index in [1.807, 2.05) is 36.5 Å². The van der Waals surface area contributed by atoms with E-state index in [0.717, 1.165) is 26.3 Å². The van der Waals surface area contributed by atoms with Crippen molar-refractivity contribution < 1.29 is 4.74 Å². The second-order valence-corrected chi connectivity index (χ2v) is 6.50. The summed E-state index contributed by atoms with van der Waals surface area (Å²) < 4.78 is 7.71. The van der Waals surface area contributed by atoms with Crippen LogP contribution in [0.25, 0.3) is 16.9 Å². The molecule has 0 radical (unpaired) electrons. The van der Waals surface area contributed by atoms with Crippen molar-refractivity contribution in [3.05, 3.63) is 56.2 Å². The molecule has 0 aliphatic heterocycles. The first kappa shape index (κ1) is 15.6. The summed E-state index contributed by atoms with van der Waals surface area (Å²) in [5, 5.41) is 9.48. The van der Waals surface area contributed by atoms with Crippen LogP contribution in [0.5, 0.6) is 5.75 Å². The van der Waals surface area contributed by atoms with Crippen molar-refractivity contribution in [1.29, 1.82) is 0 Å². The zero-order valence-corrected chi connectivity index (χ0v) is 15.1. The minimum Gasteiger partial charge on any atom is -0.497 e. The van der Waals surface area contributed by atoms with Crippen molar-refractivity contribution in [1.82, 2.24) is 15.0 Å². The van der Waals surface area contributed by atoms with Gasteiger partial charge in [-0.1, -0.05) is 28.4 Å². The highest BCUT2D eigenvalue weighted by Crippen LogP contribution is 2.30. The molecule has 2 aromatic carbocycles. The molecule has 1 heterocycles. The molecule has 0 saturated heterocycles. The Bertz CT molecular complexity index is 795. The van der Waals surface area contributed by atoms with E-state index in [1.165, 1.54) is 0 Å². The Hall–Kier alpha value is -1.31. The third kappa shape index (κ3) is 3.06. The van der Waals surface area contributed by atoms with E-state index in [9.17, 15) is 0 Å². The molecule has 0 amide bonds. The van der Waals surface area contributed by atoms with Crippen LogP contribution in [0.2, 0.25) is 10.0 Å². The van der Waals surface area contributed by atoms with Gasteiger partial charge in [0.2, 0.25) is 0 Å². The molecule has 0 saturated carbocycles. The summed E-state index contributed by atoms with van der Waals surface area (Å²) in [6, 6.07) is 11.2. The lowest BCUT2D eigenvalue weighted by Gasteiger charge is -2.06. The van der Waals surface area contributed by atoms with Gasteiger partial charge in [-0.3, -0.25) is 0 Å². The smallest absolute Gasteiger partial charge is 0.118 e. The van der Waals surface area contributed by atoms with E-state index >= 15 is 0 Å². The van der Waals surface area contributed by atoms with E-state index in [2.05, 4.69) is 32.9 Å². The molecule has 0 bridgehead atoms. The van der Waals surface area contributed by atoms with Crippen LogP contribution in [0.15, 0.2) is 42.6 Å². The number of halogens is 3. The van der Waals surface area contributed by atoms with Gasteiger partial charge < -0.3 is 4.74 Å². The molecular weight excluding hydrogens is 436 g/mol. The predicted octanol–water partition coefficient (Wildman–Crippen LogP) is 4.85. The van der Waals surface area contributed by atoms with E-state index in [0.29, 0.717) is 10.0 Å². The minimum absolute atomic E-state index is 0.531. The lowest BCUT2D eigenvalue weighted by molar-refractivity contribution is 0.415. The average Bonchev–Trinajstić information content (AvgIpc) is 2.96. The number of hydrogen-bond acceptors (Lipinski definition) is 3. The lowest BCUT2D eigenvalue weighted by Crippen LogP contribution is -1.99. The van der Waals surface area contributed by atoms with Crippen molar-refractivity contribution in [2.24, 2.45) is 0 Å². The molecule has 0 fully saturated rings. The van der Waals surface area contributed by atoms with Gasteiger partial charge in [0.15, 0.2) is 0 Å². The Kier molecular flexibility index (Phi) is 4.56. The van der Waals surface area contributed by atoms with Crippen LogP contribution < -0.4 is 4.74 Å². The SMILES string of the molecule is COc1ccc(-c2cn(-c3c(Cl)cc(Cl)cc3I)nn2)cc1. The van der Waals surface area contributed by atoms with Gasteiger partial charge in [0.1, 0.15) is 11.4 Å². The van der Waals surface area contributed by atoms with Gasteiger partial charge in [0.25, 0.3) is 0 Å². The van der Waals surface area contributed by atoms with Gasteiger partial charge >= 0.3 is 0 Å². The van der Waals surface area contributed by atoms with Crippen LogP contribution in [0.1, 0.15) is 0 Å². The van der Waals surface area contributed by atoms with E-state index in [-0.39, 0.29) is 0 Å². The van der Waals surface area contributed by atoms with Crippen molar-refractivity contribution in [3.63, 3.8) is 0 Å². The van der Waals surface area contributed by atoms with Crippen LogP contribution in [0, 0.1) is 3.57 Å². The monoisotopic (exact) mass is 445 g/mol. The van der Waals surface area contributed by atoms with Crippen molar-refractivity contribution in [3.8, 4) is 22.7 Å². The topological polar surface area (TPSA) is 39.9 Å². The molecule has 0 aliphatic carbocycles. The van der Waals surface area contributed by atoms with Crippen LogP contribution in [-0.4, -0.2) is 22.1 Å². The molecule has 3 aromatic rings. The summed E-state index contributed by atoms with van der Waals surface area (Å²) in [7, 11) is 1.63. The first-order valence-corrected chi connectivity index (χ1v) is 8.13. The standard InChI is InChI=1S/C15H10Cl2IN3O/c1-22-11-4-2-9(3-5-11)14-8-21(20-19-14)15-12(17)6-10(16)7-13(15)18/h2-8H,1H3. The first-order chi connectivity index (χ1) is 10.6. The number of rotatable bonds is 3. The molecule has 0 aliphatic rings. The maximum absolute atomic E-state index is 6.27. The molecule has 7 heteroatoms. The third-order valence-corrected chi connectivity index (χ3v) is 4.42. The number of methoxy groups -OCH3 is 1. The number of nitrogens with zero attached hydrogens (tertiary/aromatic N) is 3. The highest BCUT2D eigenvalue weighted by atomic mass is 127. The second kappa shape index (κ2) is 6.44. The maximum Gasteiger partial charge on any atom is 0.118 e. The van der Waals surface area contributed by atoms with Crippen LogP contribution in [-0.2, 0) is 0 Å². The molecular formula is C15H10Cl2IN3O. The summed E-state index contributed by atoms with van der Waals surface area (Å²) >= 11 is 14.4. The second-order valence-electron chi connectivity index (χ2n) is 4.49. The highest BCUT2D eigenvalue weighted by Gasteiger charge is 2.12. The summed E-state index contributed by atoms with van der Waals surface area (Å²) in [6.07, 6.45) is 1.83. The Morgan fingerprint density at radius 3 is 2.50 bits per heavy atom. The molecule has 112 valence electrons. The van der Waals surface area contributed by atoms with E-state index in [4.69, 9.17) is 27.9 Å². The molecule has 4 nitrogen and oxygen atoms in total. The molecule has 0 unspecified atom stereocenters. The zero-order valence-electron chi connectivity index (χ0n) is 11.4. The van der Waals surface area contributed by atoms with Gasteiger partial charge in [-0.2, -0.15) is 0 Å². The number of aromatic nitrogens is 3. The Balaban J connectivity index is 2.00. The van der Waals surface area contributed by atoms with Gasteiger partial charge in [0, 0.05) is 14.2 Å². The lowest BCUT2D eigenvalue weighted by atomic mass is 10.1. The van der Waals surface area contributed by atoms with Crippen LogP contribution in [0.3, 0.4) is 0 Å². The van der Waals surface area contributed by atoms with Gasteiger partial charge in [0.05, 0.1) is 24.0 Å². The summed E-state index contributed by atoms with van der Waals surface area (Å²) in [6.45, 7) is 0. The fourth-order valence-corrected chi connectivity index (χ4v) is 3.82. The highest BCUT2D eigenvalue weighted by molar-refractivity contribution is 14.1. The Morgan fingerprint density at radius 1 is 1.14 bits per heavy atom. The Labute approximate surface area is 151 Å². The van der Waals surface area contributed by atoms with Gasteiger partial charge in [-0.05, 0) is 59.0 Å². The maximum atomic E-state index is 6.27. The molecule has 0 spiro atoms. The van der Waals surface area contributed by atoms with E-state index < -0.39 is 0 Å². The van der Waals surface area contributed by atoms with Gasteiger partial charge in [-0.25, -0.2) is 4.68 Å². The first-order valence-electron chi connectivity index (χ1n) is 6.30. The molecule has 0 atom stereocenters. The minimum atomic E-state index is 0.531. The summed E-state index contributed by atoms with van der Waals surface area (Å²) in [5.74, 6) is 0.798.